The minimum absolute atomic E-state index is 0.104. The Kier molecular flexibility index (Phi) is 5.97. The fourth-order valence-electron chi connectivity index (χ4n) is 2.04. The lowest BCUT2D eigenvalue weighted by Crippen LogP contribution is -2.48. The molecule has 0 saturated carbocycles. The monoisotopic (exact) mass is 243 g/mol. The van der Waals surface area contributed by atoms with Crippen LogP contribution in [0.25, 0.3) is 0 Å². The van der Waals surface area contributed by atoms with E-state index in [0.717, 1.165) is 19.3 Å². The highest BCUT2D eigenvalue weighted by atomic mass is 16.5. The van der Waals surface area contributed by atoms with E-state index in [0.29, 0.717) is 26.2 Å². The highest BCUT2D eigenvalue weighted by molar-refractivity contribution is 5.83. The molecule has 17 heavy (non-hydrogen) atoms. The Bertz CT molecular complexity index is 267. The summed E-state index contributed by atoms with van der Waals surface area (Å²) >= 11 is 0. The number of rotatable bonds is 6. The molecule has 1 saturated heterocycles. The molecule has 5 heteroatoms. The van der Waals surface area contributed by atoms with Crippen LogP contribution in [-0.4, -0.2) is 47.7 Å². The number of carboxylic acid groups (broad SMARTS) is 1. The Morgan fingerprint density at radius 2 is 2.12 bits per heavy atom. The van der Waals surface area contributed by atoms with Crippen molar-refractivity contribution in [1.29, 1.82) is 0 Å². The molecule has 1 fully saturated rings. The fourth-order valence-corrected chi connectivity index (χ4v) is 2.04. The van der Waals surface area contributed by atoms with E-state index in [4.69, 9.17) is 9.84 Å². The van der Waals surface area contributed by atoms with Crippen LogP contribution in [0.15, 0.2) is 0 Å². The van der Waals surface area contributed by atoms with E-state index in [2.05, 4.69) is 0 Å². The van der Waals surface area contributed by atoms with Gasteiger partial charge in [0.05, 0.1) is 13.0 Å². The average Bonchev–Trinajstić information content (AvgIpc) is 2.34. The summed E-state index contributed by atoms with van der Waals surface area (Å²) in [5, 5.41) is 9.04. The third-order valence-electron chi connectivity index (χ3n) is 2.92. The first-order valence-corrected chi connectivity index (χ1v) is 6.26. The van der Waals surface area contributed by atoms with Crippen molar-refractivity contribution in [2.75, 3.05) is 19.8 Å². The van der Waals surface area contributed by atoms with Crippen LogP contribution in [0.2, 0.25) is 0 Å². The van der Waals surface area contributed by atoms with E-state index in [1.807, 2.05) is 6.92 Å². The molecular weight excluding hydrogens is 222 g/mol. The molecule has 98 valence electrons. The Morgan fingerprint density at radius 3 is 2.76 bits per heavy atom. The number of carboxylic acids is 1. The fraction of sp³-hybridized carbons (Fsp3) is 0.833. The van der Waals surface area contributed by atoms with Crippen LogP contribution in [-0.2, 0) is 14.3 Å². The molecule has 1 rings (SSSR count). The van der Waals surface area contributed by atoms with Crippen molar-refractivity contribution >= 4 is 11.9 Å². The Balaban J connectivity index is 2.39. The maximum absolute atomic E-state index is 11.9. The van der Waals surface area contributed by atoms with E-state index >= 15 is 0 Å². The number of aliphatic carboxylic acids is 1. The highest BCUT2D eigenvalue weighted by Crippen LogP contribution is 2.18. The van der Waals surface area contributed by atoms with Gasteiger partial charge in [0.15, 0.2) is 0 Å². The molecule has 1 atom stereocenters. The van der Waals surface area contributed by atoms with Crippen molar-refractivity contribution < 1.29 is 19.4 Å². The van der Waals surface area contributed by atoms with Gasteiger partial charge in [0.25, 0.3) is 0 Å². The lowest BCUT2D eigenvalue weighted by molar-refractivity contribution is -0.152. The smallest absolute Gasteiger partial charge is 0.326 e. The van der Waals surface area contributed by atoms with Gasteiger partial charge in [-0.25, -0.2) is 4.79 Å². The second-order valence-corrected chi connectivity index (χ2v) is 4.30. The van der Waals surface area contributed by atoms with Crippen molar-refractivity contribution in [2.24, 2.45) is 0 Å². The number of piperidine rings is 1. The molecule has 0 radical (unpaired) electrons. The first-order chi connectivity index (χ1) is 8.16. The lowest BCUT2D eigenvalue weighted by Gasteiger charge is -2.33. The standard InChI is InChI=1S/C12H21NO4/c1-2-8-17-9-6-11(14)13-7-4-3-5-10(13)12(15)16/h10H,2-9H2,1H3,(H,15,16)/t10-/m1/s1. The van der Waals surface area contributed by atoms with Crippen LogP contribution >= 0.6 is 0 Å². The summed E-state index contributed by atoms with van der Waals surface area (Å²) in [5.41, 5.74) is 0. The quantitative estimate of drug-likeness (QED) is 0.713. The van der Waals surface area contributed by atoms with Crippen LogP contribution in [0.3, 0.4) is 0 Å². The minimum Gasteiger partial charge on any atom is -0.480 e. The van der Waals surface area contributed by atoms with E-state index < -0.39 is 12.0 Å². The zero-order valence-corrected chi connectivity index (χ0v) is 10.4. The number of hydrogen-bond donors (Lipinski definition) is 1. The summed E-state index contributed by atoms with van der Waals surface area (Å²) in [6.07, 6.45) is 3.55. The predicted octanol–water partition coefficient (Wildman–Crippen LogP) is 1.27. The molecule has 0 bridgehead atoms. The van der Waals surface area contributed by atoms with Gasteiger partial charge in [0.2, 0.25) is 5.91 Å². The molecule has 0 aliphatic carbocycles. The van der Waals surface area contributed by atoms with Gasteiger partial charge in [-0.3, -0.25) is 4.79 Å². The molecule has 0 spiro atoms. The maximum Gasteiger partial charge on any atom is 0.326 e. The van der Waals surface area contributed by atoms with Gasteiger partial charge >= 0.3 is 5.97 Å². The molecule has 0 aromatic rings. The Labute approximate surface area is 102 Å². The number of ether oxygens (including phenoxy) is 1. The topological polar surface area (TPSA) is 66.8 Å². The number of hydrogen-bond acceptors (Lipinski definition) is 3. The van der Waals surface area contributed by atoms with E-state index in [-0.39, 0.29) is 12.3 Å². The molecule has 1 heterocycles. The molecule has 0 unspecified atom stereocenters. The summed E-state index contributed by atoms with van der Waals surface area (Å²) < 4.78 is 5.25. The first-order valence-electron chi connectivity index (χ1n) is 6.26. The van der Waals surface area contributed by atoms with Gasteiger partial charge in [-0.15, -0.1) is 0 Å². The van der Waals surface area contributed by atoms with Crippen molar-refractivity contribution in [2.45, 2.75) is 45.1 Å². The minimum atomic E-state index is -0.896. The van der Waals surface area contributed by atoms with Crippen LogP contribution in [0.1, 0.15) is 39.0 Å². The van der Waals surface area contributed by atoms with E-state index in [1.165, 1.54) is 4.90 Å². The summed E-state index contributed by atoms with van der Waals surface area (Å²) in [4.78, 5) is 24.4. The van der Waals surface area contributed by atoms with Crippen molar-refractivity contribution in [3.05, 3.63) is 0 Å². The molecule has 5 nitrogen and oxygen atoms in total. The summed E-state index contributed by atoms with van der Waals surface area (Å²) in [5.74, 6) is -0.999. The summed E-state index contributed by atoms with van der Waals surface area (Å²) in [6, 6.07) is -0.637. The zero-order chi connectivity index (χ0) is 12.7. The van der Waals surface area contributed by atoms with Gasteiger partial charge in [-0.05, 0) is 25.7 Å². The normalized spacial score (nSPS) is 20.3. The van der Waals surface area contributed by atoms with Crippen molar-refractivity contribution in [1.82, 2.24) is 4.90 Å². The average molecular weight is 243 g/mol. The maximum atomic E-state index is 11.9. The zero-order valence-electron chi connectivity index (χ0n) is 10.4. The van der Waals surface area contributed by atoms with Gasteiger partial charge in [-0.2, -0.15) is 0 Å². The molecule has 1 amide bonds. The van der Waals surface area contributed by atoms with Gasteiger partial charge < -0.3 is 14.7 Å². The van der Waals surface area contributed by atoms with Crippen LogP contribution in [0.4, 0.5) is 0 Å². The van der Waals surface area contributed by atoms with Crippen molar-refractivity contribution in [3.8, 4) is 0 Å². The molecule has 1 aliphatic rings. The third-order valence-corrected chi connectivity index (χ3v) is 2.92. The van der Waals surface area contributed by atoms with E-state index in [1.54, 1.807) is 0 Å². The van der Waals surface area contributed by atoms with E-state index in [9.17, 15) is 9.59 Å². The second-order valence-electron chi connectivity index (χ2n) is 4.30. The van der Waals surface area contributed by atoms with Gasteiger partial charge in [0, 0.05) is 13.2 Å². The number of amides is 1. The molecule has 1 N–H and O–H groups in total. The highest BCUT2D eigenvalue weighted by Gasteiger charge is 2.31. The molecular formula is C12H21NO4. The van der Waals surface area contributed by atoms with Crippen LogP contribution < -0.4 is 0 Å². The SMILES string of the molecule is CCCOCCC(=O)N1CCCC[C@@H]1C(=O)O. The van der Waals surface area contributed by atoms with Gasteiger partial charge in [0.1, 0.15) is 6.04 Å². The van der Waals surface area contributed by atoms with Crippen LogP contribution in [0, 0.1) is 0 Å². The van der Waals surface area contributed by atoms with Gasteiger partial charge in [-0.1, -0.05) is 6.92 Å². The predicted molar refractivity (Wildman–Crippen MR) is 62.7 cm³/mol. The number of carbonyl (C=O) groups excluding carboxylic acids is 1. The van der Waals surface area contributed by atoms with Crippen LogP contribution in [0.5, 0.6) is 0 Å². The second kappa shape index (κ2) is 7.27. The Morgan fingerprint density at radius 1 is 1.35 bits per heavy atom. The third kappa shape index (κ3) is 4.34. The first kappa shape index (κ1) is 14.0. The number of carbonyl (C=O) groups is 2. The number of nitrogens with zero attached hydrogens (tertiary/aromatic N) is 1. The van der Waals surface area contributed by atoms with Crippen molar-refractivity contribution in [3.63, 3.8) is 0 Å². The summed E-state index contributed by atoms with van der Waals surface area (Å²) in [7, 11) is 0. The summed E-state index contributed by atoms with van der Waals surface area (Å²) in [6.45, 7) is 3.60. The molecule has 0 aromatic carbocycles. The molecule has 1 aliphatic heterocycles. The number of likely N-dealkylation sites (tertiary alicyclic amines) is 1. The molecule has 0 aromatic heterocycles. The Hall–Kier alpha value is -1.10. The largest absolute Gasteiger partial charge is 0.480 e. The lowest BCUT2D eigenvalue weighted by atomic mass is 10.0.